The maximum Gasteiger partial charge on any atom is 0.356 e. The Labute approximate surface area is 130 Å². The molecule has 6 heteroatoms. The number of aryl methyl sites for hydroxylation is 1. The molecule has 0 aliphatic carbocycles. The molecule has 2 aromatic carbocycles. The third-order valence-electron chi connectivity index (χ3n) is 3.39. The van der Waals surface area contributed by atoms with Crippen molar-refractivity contribution in [3.63, 3.8) is 0 Å². The summed E-state index contributed by atoms with van der Waals surface area (Å²) >= 11 is 0. The Hall–Kier alpha value is -3.02. The molecule has 0 amide bonds. The lowest BCUT2D eigenvalue weighted by molar-refractivity contribution is 0.0691. The highest BCUT2D eigenvalue weighted by Gasteiger charge is 2.21. The molecule has 4 nitrogen and oxygen atoms in total. The minimum Gasteiger partial charge on any atom is -0.476 e. The van der Waals surface area contributed by atoms with Gasteiger partial charge in [0.15, 0.2) is 11.5 Å². The predicted molar refractivity (Wildman–Crippen MR) is 80.6 cm³/mol. The van der Waals surface area contributed by atoms with E-state index in [2.05, 4.69) is 4.98 Å². The lowest BCUT2D eigenvalue weighted by atomic mass is 10.1. The number of imidazole rings is 1. The summed E-state index contributed by atoms with van der Waals surface area (Å²) in [5, 5.41) is 9.15. The zero-order valence-corrected chi connectivity index (χ0v) is 12.1. The highest BCUT2D eigenvalue weighted by atomic mass is 19.1. The number of hydrogen-bond acceptors (Lipinski definition) is 2. The van der Waals surface area contributed by atoms with Crippen molar-refractivity contribution in [2.24, 2.45) is 0 Å². The van der Waals surface area contributed by atoms with Crippen LogP contribution in [0.4, 0.5) is 8.78 Å². The Morgan fingerprint density at radius 2 is 1.78 bits per heavy atom. The molecule has 0 atom stereocenters. The Balaban J connectivity index is 2.30. The van der Waals surface area contributed by atoms with Crippen molar-refractivity contribution >= 4 is 5.97 Å². The highest BCUT2D eigenvalue weighted by molar-refractivity contribution is 5.86. The first kappa shape index (κ1) is 14.9. The third-order valence-corrected chi connectivity index (χ3v) is 3.39. The fraction of sp³-hybridized carbons (Fsp3) is 0.0588. The Morgan fingerprint density at radius 3 is 2.39 bits per heavy atom. The SMILES string of the molecule is Cc1cccc(-n2cc(C(=O)O)nc2-c2c(F)cccc2F)c1. The maximum atomic E-state index is 14.1. The number of rotatable bonds is 3. The van der Waals surface area contributed by atoms with E-state index in [1.165, 1.54) is 16.8 Å². The number of aromatic nitrogens is 2. The van der Waals surface area contributed by atoms with Crippen LogP contribution in [-0.2, 0) is 0 Å². The lowest BCUT2D eigenvalue weighted by Crippen LogP contribution is -2.00. The minimum atomic E-state index is -1.27. The van der Waals surface area contributed by atoms with Crippen LogP contribution in [0.15, 0.2) is 48.7 Å². The number of nitrogens with zero attached hydrogens (tertiary/aromatic N) is 2. The summed E-state index contributed by atoms with van der Waals surface area (Å²) in [6.45, 7) is 1.86. The second-order valence-corrected chi connectivity index (χ2v) is 5.06. The van der Waals surface area contributed by atoms with Crippen LogP contribution in [0, 0.1) is 18.6 Å². The molecule has 0 saturated carbocycles. The van der Waals surface area contributed by atoms with Crippen LogP contribution in [0.1, 0.15) is 16.1 Å². The van der Waals surface area contributed by atoms with Gasteiger partial charge >= 0.3 is 5.97 Å². The molecule has 0 bridgehead atoms. The van der Waals surface area contributed by atoms with Crippen molar-refractivity contribution in [3.8, 4) is 17.1 Å². The van der Waals surface area contributed by atoms with Crippen molar-refractivity contribution in [3.05, 3.63) is 71.6 Å². The van der Waals surface area contributed by atoms with Crippen molar-refractivity contribution in [1.29, 1.82) is 0 Å². The van der Waals surface area contributed by atoms with Gasteiger partial charge in [-0.2, -0.15) is 0 Å². The van der Waals surface area contributed by atoms with Crippen LogP contribution in [0.2, 0.25) is 0 Å². The summed E-state index contributed by atoms with van der Waals surface area (Å²) in [6.07, 6.45) is 1.25. The van der Waals surface area contributed by atoms with Gasteiger partial charge in [-0.3, -0.25) is 4.57 Å². The third kappa shape index (κ3) is 2.70. The van der Waals surface area contributed by atoms with Crippen LogP contribution in [0.3, 0.4) is 0 Å². The second kappa shape index (κ2) is 5.64. The monoisotopic (exact) mass is 314 g/mol. The molecule has 1 heterocycles. The van der Waals surface area contributed by atoms with Crippen molar-refractivity contribution in [2.45, 2.75) is 6.92 Å². The van der Waals surface area contributed by atoms with Crippen LogP contribution < -0.4 is 0 Å². The van der Waals surface area contributed by atoms with Crippen LogP contribution in [0.5, 0.6) is 0 Å². The van der Waals surface area contributed by atoms with E-state index in [1.807, 2.05) is 13.0 Å². The highest BCUT2D eigenvalue weighted by Crippen LogP contribution is 2.28. The van der Waals surface area contributed by atoms with Crippen LogP contribution in [0.25, 0.3) is 17.1 Å². The maximum absolute atomic E-state index is 14.1. The second-order valence-electron chi connectivity index (χ2n) is 5.06. The molecule has 0 aliphatic rings. The van der Waals surface area contributed by atoms with Gasteiger partial charge in [0.2, 0.25) is 0 Å². The quantitative estimate of drug-likeness (QED) is 0.799. The van der Waals surface area contributed by atoms with E-state index in [0.29, 0.717) is 5.69 Å². The standard InChI is InChI=1S/C17H12F2N2O2/c1-10-4-2-5-11(8-10)21-9-14(17(22)23)20-16(21)15-12(18)6-3-7-13(15)19/h2-9H,1H3,(H,22,23). The molecular weight excluding hydrogens is 302 g/mol. The van der Waals surface area contributed by atoms with E-state index < -0.39 is 17.6 Å². The number of benzene rings is 2. The Bertz CT molecular complexity index is 883. The van der Waals surface area contributed by atoms with E-state index in [-0.39, 0.29) is 17.1 Å². The van der Waals surface area contributed by atoms with Gasteiger partial charge in [-0.25, -0.2) is 18.6 Å². The van der Waals surface area contributed by atoms with E-state index in [4.69, 9.17) is 5.11 Å². The summed E-state index contributed by atoms with van der Waals surface area (Å²) in [5.41, 5.74) is 0.848. The first-order valence-corrected chi connectivity index (χ1v) is 6.81. The lowest BCUT2D eigenvalue weighted by Gasteiger charge is -2.10. The molecule has 0 radical (unpaired) electrons. The van der Waals surface area contributed by atoms with Crippen molar-refractivity contribution in [1.82, 2.24) is 9.55 Å². The normalized spacial score (nSPS) is 10.7. The summed E-state index contributed by atoms with van der Waals surface area (Å²) < 4.78 is 29.5. The Morgan fingerprint density at radius 1 is 1.13 bits per heavy atom. The largest absolute Gasteiger partial charge is 0.476 e. The Kier molecular flexibility index (Phi) is 3.65. The van der Waals surface area contributed by atoms with Crippen molar-refractivity contribution in [2.75, 3.05) is 0 Å². The molecular formula is C17H12F2N2O2. The van der Waals surface area contributed by atoms with Gasteiger partial charge in [-0.05, 0) is 36.8 Å². The molecule has 0 saturated heterocycles. The zero-order valence-electron chi connectivity index (χ0n) is 12.1. The number of aromatic carboxylic acids is 1. The smallest absolute Gasteiger partial charge is 0.356 e. The first-order valence-electron chi connectivity index (χ1n) is 6.81. The molecule has 116 valence electrons. The summed E-state index contributed by atoms with van der Waals surface area (Å²) in [4.78, 5) is 15.1. The van der Waals surface area contributed by atoms with E-state index in [1.54, 1.807) is 18.2 Å². The fourth-order valence-electron chi connectivity index (χ4n) is 2.35. The number of carboxylic acid groups (broad SMARTS) is 1. The summed E-state index contributed by atoms with van der Waals surface area (Å²) in [7, 11) is 0. The van der Waals surface area contributed by atoms with E-state index >= 15 is 0 Å². The van der Waals surface area contributed by atoms with Gasteiger partial charge in [0, 0.05) is 11.9 Å². The van der Waals surface area contributed by atoms with Gasteiger partial charge < -0.3 is 5.11 Å². The number of carboxylic acids is 1. The molecule has 0 unspecified atom stereocenters. The molecule has 3 aromatic rings. The number of halogens is 2. The van der Waals surface area contributed by atoms with Gasteiger partial charge in [0.05, 0.1) is 5.56 Å². The van der Waals surface area contributed by atoms with Gasteiger partial charge in [-0.1, -0.05) is 18.2 Å². The van der Waals surface area contributed by atoms with Crippen LogP contribution >= 0.6 is 0 Å². The average molecular weight is 314 g/mol. The molecule has 0 fully saturated rings. The van der Waals surface area contributed by atoms with Gasteiger partial charge in [0.25, 0.3) is 0 Å². The summed E-state index contributed by atoms with van der Waals surface area (Å²) in [6, 6.07) is 10.6. The molecule has 0 spiro atoms. The van der Waals surface area contributed by atoms with Crippen LogP contribution in [-0.4, -0.2) is 20.6 Å². The van der Waals surface area contributed by atoms with Gasteiger partial charge in [-0.15, -0.1) is 0 Å². The average Bonchev–Trinajstić information content (AvgIpc) is 2.92. The topological polar surface area (TPSA) is 55.1 Å². The fourth-order valence-corrected chi connectivity index (χ4v) is 2.35. The summed E-state index contributed by atoms with van der Waals surface area (Å²) in [5.74, 6) is -2.97. The van der Waals surface area contributed by atoms with Gasteiger partial charge in [0.1, 0.15) is 11.6 Å². The number of hydrogen-bond donors (Lipinski definition) is 1. The van der Waals surface area contributed by atoms with E-state index in [0.717, 1.165) is 17.7 Å². The first-order chi connectivity index (χ1) is 11.0. The van der Waals surface area contributed by atoms with E-state index in [9.17, 15) is 13.6 Å². The molecule has 1 N–H and O–H groups in total. The molecule has 0 aliphatic heterocycles. The minimum absolute atomic E-state index is 0.0939. The molecule has 1 aromatic heterocycles. The molecule has 3 rings (SSSR count). The number of carbonyl (C=O) groups is 1. The zero-order chi connectivity index (χ0) is 16.6. The van der Waals surface area contributed by atoms with Crippen molar-refractivity contribution < 1.29 is 18.7 Å². The molecule has 23 heavy (non-hydrogen) atoms. The predicted octanol–water partition coefficient (Wildman–Crippen LogP) is 3.82.